The first-order valence-corrected chi connectivity index (χ1v) is 7.84. The van der Waals surface area contributed by atoms with Gasteiger partial charge in [0, 0.05) is 38.3 Å². The van der Waals surface area contributed by atoms with Crippen molar-refractivity contribution >= 4 is 17.4 Å². The molecule has 0 spiro atoms. The standard InChI is InChI=1S/C14H23N3OS/c1-11(2)15-14(18)17-7-5-16(6-8-17)12(3)13-4-9-19-10-13/h4,9-12H,5-8H2,1-3H3,(H,15,18). The normalized spacial score (nSPS) is 18.6. The first-order chi connectivity index (χ1) is 9.08. The molecule has 1 aromatic rings. The second-order valence-corrected chi connectivity index (χ2v) is 6.14. The van der Waals surface area contributed by atoms with Crippen molar-refractivity contribution in [3.63, 3.8) is 0 Å². The molecule has 106 valence electrons. The first kappa shape index (κ1) is 14.3. The first-order valence-electron chi connectivity index (χ1n) is 6.89. The molecule has 0 aromatic carbocycles. The maximum absolute atomic E-state index is 11.9. The van der Waals surface area contributed by atoms with Gasteiger partial charge in [-0.3, -0.25) is 4.90 Å². The molecule has 1 saturated heterocycles. The summed E-state index contributed by atoms with van der Waals surface area (Å²) in [4.78, 5) is 16.3. The summed E-state index contributed by atoms with van der Waals surface area (Å²) >= 11 is 1.74. The highest BCUT2D eigenvalue weighted by Crippen LogP contribution is 2.23. The van der Waals surface area contributed by atoms with Crippen LogP contribution in [-0.2, 0) is 0 Å². The van der Waals surface area contributed by atoms with Crippen LogP contribution in [0.4, 0.5) is 4.79 Å². The third-order valence-electron chi connectivity index (χ3n) is 3.59. The van der Waals surface area contributed by atoms with E-state index in [0.29, 0.717) is 6.04 Å². The van der Waals surface area contributed by atoms with Crippen molar-refractivity contribution in [3.8, 4) is 0 Å². The molecule has 4 nitrogen and oxygen atoms in total. The molecular weight excluding hydrogens is 258 g/mol. The lowest BCUT2D eigenvalue weighted by molar-refractivity contribution is 0.113. The van der Waals surface area contributed by atoms with Crippen LogP contribution in [0.3, 0.4) is 0 Å². The predicted molar refractivity (Wildman–Crippen MR) is 79.5 cm³/mol. The molecule has 2 heterocycles. The molecule has 0 saturated carbocycles. The van der Waals surface area contributed by atoms with Crippen molar-refractivity contribution in [1.29, 1.82) is 0 Å². The molecule has 1 N–H and O–H groups in total. The molecule has 1 aromatic heterocycles. The minimum Gasteiger partial charge on any atom is -0.336 e. The fourth-order valence-corrected chi connectivity index (χ4v) is 3.12. The summed E-state index contributed by atoms with van der Waals surface area (Å²) in [6.45, 7) is 9.75. The van der Waals surface area contributed by atoms with Crippen LogP contribution >= 0.6 is 11.3 Å². The molecule has 1 fully saturated rings. The van der Waals surface area contributed by atoms with E-state index in [4.69, 9.17) is 0 Å². The number of rotatable bonds is 3. The van der Waals surface area contributed by atoms with Crippen LogP contribution in [0.15, 0.2) is 16.8 Å². The van der Waals surface area contributed by atoms with Gasteiger partial charge in [-0.1, -0.05) is 0 Å². The summed E-state index contributed by atoms with van der Waals surface area (Å²) in [6, 6.07) is 2.90. The van der Waals surface area contributed by atoms with Crippen LogP contribution in [0.5, 0.6) is 0 Å². The molecule has 2 rings (SSSR count). The lowest BCUT2D eigenvalue weighted by Crippen LogP contribution is -2.53. The number of carbonyl (C=O) groups excluding carboxylic acids is 1. The largest absolute Gasteiger partial charge is 0.336 e. The van der Waals surface area contributed by atoms with Crippen molar-refractivity contribution in [2.45, 2.75) is 32.9 Å². The van der Waals surface area contributed by atoms with Gasteiger partial charge in [0.05, 0.1) is 0 Å². The van der Waals surface area contributed by atoms with Gasteiger partial charge in [0.2, 0.25) is 0 Å². The highest BCUT2D eigenvalue weighted by Gasteiger charge is 2.24. The van der Waals surface area contributed by atoms with Crippen LogP contribution in [0, 0.1) is 0 Å². The monoisotopic (exact) mass is 281 g/mol. The Morgan fingerprint density at radius 3 is 2.47 bits per heavy atom. The Bertz CT molecular complexity index is 397. The van der Waals surface area contributed by atoms with E-state index in [2.05, 4.69) is 34.0 Å². The average Bonchev–Trinajstić information content (AvgIpc) is 2.91. The summed E-state index contributed by atoms with van der Waals surface area (Å²) in [6.07, 6.45) is 0. The third kappa shape index (κ3) is 3.70. The van der Waals surface area contributed by atoms with Gasteiger partial charge in [0.1, 0.15) is 0 Å². The molecule has 5 heteroatoms. The Kier molecular flexibility index (Phi) is 4.82. The van der Waals surface area contributed by atoms with Crippen LogP contribution in [0.1, 0.15) is 32.4 Å². The fourth-order valence-electron chi connectivity index (χ4n) is 2.37. The van der Waals surface area contributed by atoms with Gasteiger partial charge in [-0.15, -0.1) is 0 Å². The van der Waals surface area contributed by atoms with E-state index in [1.807, 2.05) is 18.7 Å². The van der Waals surface area contributed by atoms with Crippen molar-refractivity contribution in [2.24, 2.45) is 0 Å². The van der Waals surface area contributed by atoms with Gasteiger partial charge >= 0.3 is 6.03 Å². The molecule has 1 aliphatic heterocycles. The van der Waals surface area contributed by atoms with E-state index in [1.165, 1.54) is 5.56 Å². The zero-order valence-electron chi connectivity index (χ0n) is 11.9. The zero-order valence-corrected chi connectivity index (χ0v) is 12.7. The maximum Gasteiger partial charge on any atom is 0.317 e. The van der Waals surface area contributed by atoms with Crippen LogP contribution < -0.4 is 5.32 Å². The quantitative estimate of drug-likeness (QED) is 0.924. The second kappa shape index (κ2) is 6.39. The fraction of sp³-hybridized carbons (Fsp3) is 0.643. The Hall–Kier alpha value is -1.07. The summed E-state index contributed by atoms with van der Waals surface area (Å²) in [7, 11) is 0. The van der Waals surface area contributed by atoms with Gasteiger partial charge in [0.15, 0.2) is 0 Å². The molecular formula is C14H23N3OS. The van der Waals surface area contributed by atoms with E-state index < -0.39 is 0 Å². The number of hydrogen-bond acceptors (Lipinski definition) is 3. The predicted octanol–water partition coefficient (Wildman–Crippen LogP) is 2.54. The molecule has 1 aliphatic rings. The van der Waals surface area contributed by atoms with Gasteiger partial charge in [0.25, 0.3) is 0 Å². The number of hydrogen-bond donors (Lipinski definition) is 1. The second-order valence-electron chi connectivity index (χ2n) is 5.36. The van der Waals surface area contributed by atoms with Crippen LogP contribution in [-0.4, -0.2) is 48.1 Å². The van der Waals surface area contributed by atoms with Crippen LogP contribution in [0.2, 0.25) is 0 Å². The Balaban J connectivity index is 1.84. The van der Waals surface area contributed by atoms with E-state index >= 15 is 0 Å². The van der Waals surface area contributed by atoms with Gasteiger partial charge in [-0.05, 0) is 43.2 Å². The van der Waals surface area contributed by atoms with E-state index in [0.717, 1.165) is 26.2 Å². The minimum atomic E-state index is 0.0674. The maximum atomic E-state index is 11.9. The highest BCUT2D eigenvalue weighted by molar-refractivity contribution is 7.07. The average molecular weight is 281 g/mol. The molecule has 19 heavy (non-hydrogen) atoms. The number of piperazine rings is 1. The number of nitrogens with zero attached hydrogens (tertiary/aromatic N) is 2. The lowest BCUT2D eigenvalue weighted by atomic mass is 10.1. The smallest absolute Gasteiger partial charge is 0.317 e. The number of thiophene rings is 1. The van der Waals surface area contributed by atoms with Crippen LogP contribution in [0.25, 0.3) is 0 Å². The number of nitrogens with one attached hydrogen (secondary N) is 1. The van der Waals surface area contributed by atoms with E-state index in [1.54, 1.807) is 11.3 Å². The lowest BCUT2D eigenvalue weighted by Gasteiger charge is -2.38. The topological polar surface area (TPSA) is 35.6 Å². The molecule has 1 unspecified atom stereocenters. The molecule has 1 atom stereocenters. The summed E-state index contributed by atoms with van der Waals surface area (Å²) in [5.41, 5.74) is 1.38. The molecule has 0 aliphatic carbocycles. The minimum absolute atomic E-state index is 0.0674. The van der Waals surface area contributed by atoms with E-state index in [-0.39, 0.29) is 12.1 Å². The van der Waals surface area contributed by atoms with Crippen molar-refractivity contribution in [1.82, 2.24) is 15.1 Å². The summed E-state index contributed by atoms with van der Waals surface area (Å²) in [5.74, 6) is 0. The molecule has 0 radical (unpaired) electrons. The molecule has 0 bridgehead atoms. The van der Waals surface area contributed by atoms with Gasteiger partial charge in [-0.2, -0.15) is 11.3 Å². The Morgan fingerprint density at radius 2 is 1.95 bits per heavy atom. The number of urea groups is 1. The molecule has 2 amide bonds. The van der Waals surface area contributed by atoms with E-state index in [9.17, 15) is 4.79 Å². The van der Waals surface area contributed by atoms with Crippen molar-refractivity contribution < 1.29 is 4.79 Å². The highest BCUT2D eigenvalue weighted by atomic mass is 32.1. The van der Waals surface area contributed by atoms with Crippen molar-refractivity contribution in [2.75, 3.05) is 26.2 Å². The Morgan fingerprint density at radius 1 is 1.26 bits per heavy atom. The Labute approximate surface area is 119 Å². The zero-order chi connectivity index (χ0) is 13.8. The van der Waals surface area contributed by atoms with Gasteiger partial charge < -0.3 is 10.2 Å². The summed E-state index contributed by atoms with van der Waals surface area (Å²) in [5, 5.41) is 7.29. The third-order valence-corrected chi connectivity index (χ3v) is 4.29. The summed E-state index contributed by atoms with van der Waals surface area (Å²) < 4.78 is 0. The SMILES string of the molecule is CC(C)NC(=O)N1CCN(C(C)c2ccsc2)CC1. The number of amides is 2. The van der Waals surface area contributed by atoms with Crippen molar-refractivity contribution in [3.05, 3.63) is 22.4 Å². The van der Waals surface area contributed by atoms with Gasteiger partial charge in [-0.25, -0.2) is 4.79 Å². The number of carbonyl (C=O) groups is 1.